The van der Waals surface area contributed by atoms with Crippen molar-refractivity contribution in [1.82, 2.24) is 19.9 Å². The number of carbonyl (C=O) groups is 2. The number of hydrogen-bond donors (Lipinski definition) is 1. The summed E-state index contributed by atoms with van der Waals surface area (Å²) in [5.41, 5.74) is -0.170. The number of carboxylic acids is 1. The smallest absolute Gasteiger partial charge is 0.358 e. The molecule has 1 unspecified atom stereocenters. The van der Waals surface area contributed by atoms with E-state index in [9.17, 15) is 9.59 Å². The summed E-state index contributed by atoms with van der Waals surface area (Å²) in [6.45, 7) is 2.65. The maximum atomic E-state index is 12.7. The fourth-order valence-electron chi connectivity index (χ4n) is 2.99. The van der Waals surface area contributed by atoms with Crippen LogP contribution in [0.2, 0.25) is 0 Å². The van der Waals surface area contributed by atoms with Gasteiger partial charge in [-0.1, -0.05) is 12.1 Å². The Balaban J connectivity index is 1.74. The summed E-state index contributed by atoms with van der Waals surface area (Å²) >= 11 is 0. The van der Waals surface area contributed by atoms with E-state index >= 15 is 0 Å². The number of nitrogens with zero attached hydrogens (tertiary/aromatic N) is 4. The molecular weight excluding hydrogens is 312 g/mol. The number of carbonyl (C=O) groups excluding carboxylic acids is 1. The summed E-state index contributed by atoms with van der Waals surface area (Å²) in [6.07, 6.45) is 4.93. The van der Waals surface area contributed by atoms with Crippen molar-refractivity contribution in [1.29, 1.82) is 0 Å². The Kier molecular flexibility index (Phi) is 4.64. The van der Waals surface area contributed by atoms with E-state index in [1.807, 2.05) is 19.1 Å². The molecule has 3 rings (SSSR count). The number of furan rings is 1. The number of aromatic nitrogens is 3. The Bertz CT molecular complexity index is 736. The van der Waals surface area contributed by atoms with E-state index < -0.39 is 5.97 Å². The molecule has 0 spiro atoms. The van der Waals surface area contributed by atoms with Gasteiger partial charge in [0.05, 0.1) is 12.2 Å². The minimum Gasteiger partial charge on any atom is -0.476 e. The minimum absolute atomic E-state index is 0.0296. The van der Waals surface area contributed by atoms with Crippen molar-refractivity contribution in [3.63, 3.8) is 0 Å². The molecule has 8 heteroatoms. The molecule has 1 amide bonds. The van der Waals surface area contributed by atoms with Crippen molar-refractivity contribution < 1.29 is 19.1 Å². The van der Waals surface area contributed by atoms with Gasteiger partial charge in [-0.25, -0.2) is 9.48 Å². The van der Waals surface area contributed by atoms with Gasteiger partial charge >= 0.3 is 5.97 Å². The van der Waals surface area contributed by atoms with Crippen LogP contribution >= 0.6 is 0 Å². The van der Waals surface area contributed by atoms with E-state index in [-0.39, 0.29) is 24.2 Å². The van der Waals surface area contributed by atoms with Gasteiger partial charge in [0.15, 0.2) is 5.69 Å². The van der Waals surface area contributed by atoms with Gasteiger partial charge in [-0.2, -0.15) is 0 Å². The highest BCUT2D eigenvalue weighted by Gasteiger charge is 2.30. The molecule has 1 aliphatic heterocycles. The van der Waals surface area contributed by atoms with Crippen molar-refractivity contribution in [2.24, 2.45) is 0 Å². The Morgan fingerprint density at radius 1 is 1.38 bits per heavy atom. The molecular formula is C16H20N4O4. The quantitative estimate of drug-likeness (QED) is 0.897. The molecule has 1 saturated heterocycles. The van der Waals surface area contributed by atoms with Gasteiger partial charge in [0, 0.05) is 13.0 Å². The predicted octanol–water partition coefficient (Wildman–Crippen LogP) is 1.89. The Morgan fingerprint density at radius 2 is 2.21 bits per heavy atom. The van der Waals surface area contributed by atoms with Gasteiger partial charge < -0.3 is 14.4 Å². The van der Waals surface area contributed by atoms with Gasteiger partial charge in [0.25, 0.3) is 0 Å². The largest absolute Gasteiger partial charge is 0.476 e. The van der Waals surface area contributed by atoms with E-state index in [2.05, 4.69) is 10.3 Å². The second-order valence-corrected chi connectivity index (χ2v) is 5.86. The summed E-state index contributed by atoms with van der Waals surface area (Å²) in [5.74, 6) is 0.443. The highest BCUT2D eigenvalue weighted by molar-refractivity contribution is 5.84. The van der Waals surface area contributed by atoms with Crippen molar-refractivity contribution in [2.45, 2.75) is 45.2 Å². The third-order valence-electron chi connectivity index (χ3n) is 4.24. The number of rotatable bonds is 5. The topological polar surface area (TPSA) is 101 Å². The van der Waals surface area contributed by atoms with E-state index in [1.54, 1.807) is 4.90 Å². The molecule has 0 saturated carbocycles. The number of amides is 1. The van der Waals surface area contributed by atoms with Gasteiger partial charge in [-0.15, -0.1) is 5.10 Å². The Morgan fingerprint density at radius 3 is 2.88 bits per heavy atom. The lowest BCUT2D eigenvalue weighted by Gasteiger charge is -2.34. The number of aryl methyl sites for hydroxylation is 1. The summed E-state index contributed by atoms with van der Waals surface area (Å²) in [4.78, 5) is 25.3. The molecule has 8 nitrogen and oxygen atoms in total. The number of hydrogen-bond acceptors (Lipinski definition) is 5. The van der Waals surface area contributed by atoms with Gasteiger partial charge in [0.1, 0.15) is 18.1 Å². The van der Waals surface area contributed by atoms with Crippen LogP contribution in [-0.2, 0) is 17.8 Å². The lowest BCUT2D eigenvalue weighted by Crippen LogP contribution is -2.40. The standard InChI is InChI=1S/C16H20N4O4/c1-2-11-6-7-14(24-11)13-5-3-4-8-20(13)15(21)10-19-9-12(16(22)23)17-18-19/h6-7,9,13H,2-5,8,10H2,1H3,(H,22,23). The van der Waals surface area contributed by atoms with E-state index in [0.29, 0.717) is 6.54 Å². The summed E-state index contributed by atoms with van der Waals surface area (Å²) in [5, 5.41) is 16.1. The van der Waals surface area contributed by atoms with Crippen LogP contribution in [-0.4, -0.2) is 43.4 Å². The first-order valence-corrected chi connectivity index (χ1v) is 8.10. The van der Waals surface area contributed by atoms with Gasteiger partial charge in [0.2, 0.25) is 5.91 Å². The average molecular weight is 332 g/mol. The van der Waals surface area contributed by atoms with Crippen LogP contribution in [0.3, 0.4) is 0 Å². The minimum atomic E-state index is -1.16. The molecule has 1 aliphatic rings. The fraction of sp³-hybridized carbons (Fsp3) is 0.500. The monoisotopic (exact) mass is 332 g/mol. The van der Waals surface area contributed by atoms with Gasteiger partial charge in [-0.3, -0.25) is 4.79 Å². The van der Waals surface area contributed by atoms with Crippen molar-refractivity contribution in [2.75, 3.05) is 6.54 Å². The van der Waals surface area contributed by atoms with Crippen molar-refractivity contribution in [3.8, 4) is 0 Å². The molecule has 0 bridgehead atoms. The zero-order valence-electron chi connectivity index (χ0n) is 13.5. The van der Waals surface area contributed by atoms with Crippen molar-refractivity contribution >= 4 is 11.9 Å². The molecule has 1 N–H and O–H groups in total. The first kappa shape index (κ1) is 16.2. The number of likely N-dealkylation sites (tertiary alicyclic amines) is 1. The van der Waals surface area contributed by atoms with Gasteiger partial charge in [-0.05, 0) is 31.4 Å². The van der Waals surface area contributed by atoms with Crippen LogP contribution in [0.15, 0.2) is 22.7 Å². The van der Waals surface area contributed by atoms with Crippen molar-refractivity contribution in [3.05, 3.63) is 35.5 Å². The van der Waals surface area contributed by atoms with Crippen LogP contribution in [0.1, 0.15) is 54.2 Å². The average Bonchev–Trinajstić information content (AvgIpc) is 3.24. The normalized spacial score (nSPS) is 17.9. The molecule has 0 radical (unpaired) electrons. The molecule has 0 aromatic carbocycles. The van der Waals surface area contributed by atoms with E-state index in [4.69, 9.17) is 9.52 Å². The molecule has 24 heavy (non-hydrogen) atoms. The fourth-order valence-corrected chi connectivity index (χ4v) is 2.99. The molecule has 2 aromatic heterocycles. The number of aromatic carboxylic acids is 1. The lowest BCUT2D eigenvalue weighted by atomic mass is 10.00. The third kappa shape index (κ3) is 3.32. The molecule has 128 valence electrons. The van der Waals surface area contributed by atoms with Crippen LogP contribution in [0.25, 0.3) is 0 Å². The highest BCUT2D eigenvalue weighted by atomic mass is 16.4. The molecule has 0 aliphatic carbocycles. The SMILES string of the molecule is CCc1ccc(C2CCCCN2C(=O)Cn2cc(C(=O)O)nn2)o1. The molecule has 3 heterocycles. The first-order chi connectivity index (χ1) is 11.6. The number of carboxylic acid groups (broad SMARTS) is 1. The maximum Gasteiger partial charge on any atom is 0.358 e. The molecule has 1 atom stereocenters. The Hall–Kier alpha value is -2.64. The predicted molar refractivity (Wildman–Crippen MR) is 83.4 cm³/mol. The zero-order chi connectivity index (χ0) is 17.1. The van der Waals surface area contributed by atoms with Crippen LogP contribution in [0, 0.1) is 0 Å². The molecule has 1 fully saturated rings. The second-order valence-electron chi connectivity index (χ2n) is 5.86. The maximum absolute atomic E-state index is 12.7. The van der Waals surface area contributed by atoms with Crippen LogP contribution in [0.4, 0.5) is 0 Å². The third-order valence-corrected chi connectivity index (χ3v) is 4.24. The van der Waals surface area contributed by atoms with E-state index in [1.165, 1.54) is 10.9 Å². The van der Waals surface area contributed by atoms with E-state index in [0.717, 1.165) is 37.2 Å². The van der Waals surface area contributed by atoms with Crippen LogP contribution < -0.4 is 0 Å². The zero-order valence-corrected chi connectivity index (χ0v) is 13.5. The Labute approximate surface area is 139 Å². The summed E-state index contributed by atoms with van der Waals surface area (Å²) in [7, 11) is 0. The lowest BCUT2D eigenvalue weighted by molar-refractivity contribution is -0.136. The molecule has 2 aromatic rings. The highest BCUT2D eigenvalue weighted by Crippen LogP contribution is 2.32. The summed E-state index contributed by atoms with van der Waals surface area (Å²) < 4.78 is 7.09. The summed E-state index contributed by atoms with van der Waals surface area (Å²) in [6, 6.07) is 3.81. The van der Waals surface area contributed by atoms with Crippen LogP contribution in [0.5, 0.6) is 0 Å². The first-order valence-electron chi connectivity index (χ1n) is 8.10. The second kappa shape index (κ2) is 6.86. The number of piperidine rings is 1.